The van der Waals surface area contributed by atoms with Crippen molar-refractivity contribution in [1.82, 2.24) is 0 Å². The van der Waals surface area contributed by atoms with E-state index in [2.05, 4.69) is 6.07 Å². The third-order valence-corrected chi connectivity index (χ3v) is 5.92. The molecule has 1 amide bonds. The van der Waals surface area contributed by atoms with Gasteiger partial charge in [-0.2, -0.15) is 0 Å². The van der Waals surface area contributed by atoms with Crippen LogP contribution in [0.3, 0.4) is 0 Å². The number of carbonyl (C=O) groups is 2. The van der Waals surface area contributed by atoms with E-state index in [1.165, 1.54) is 0 Å². The molecule has 1 aliphatic rings. The van der Waals surface area contributed by atoms with Gasteiger partial charge in [-0.1, -0.05) is 48.5 Å². The lowest BCUT2D eigenvalue weighted by Gasteiger charge is -2.28. The van der Waals surface area contributed by atoms with Crippen molar-refractivity contribution in [2.75, 3.05) is 11.5 Å². The van der Waals surface area contributed by atoms with Crippen molar-refractivity contribution in [3.05, 3.63) is 90.0 Å². The van der Waals surface area contributed by atoms with Crippen LogP contribution in [0.2, 0.25) is 0 Å². The first-order valence-electron chi connectivity index (χ1n) is 11.0. The molecule has 0 saturated heterocycles. The molecule has 0 bridgehead atoms. The molecule has 0 fully saturated rings. The quantitative estimate of drug-likeness (QED) is 0.534. The molecular formula is C27H26NO4-. The Balaban J connectivity index is 1.51. The maximum atomic E-state index is 13.4. The summed E-state index contributed by atoms with van der Waals surface area (Å²) in [6.07, 6.45) is 3.98. The lowest BCUT2D eigenvalue weighted by Crippen LogP contribution is -2.29. The SMILES string of the molecule is O=C([O-])COc1cccc2c1CCCC2CCC(=O)N(c1ccccc1)c1ccccc1. The lowest BCUT2D eigenvalue weighted by atomic mass is 9.80. The summed E-state index contributed by atoms with van der Waals surface area (Å²) < 4.78 is 5.46. The number of aliphatic carboxylic acids is 1. The first kappa shape index (κ1) is 21.6. The van der Waals surface area contributed by atoms with Crippen molar-refractivity contribution < 1.29 is 19.4 Å². The molecule has 32 heavy (non-hydrogen) atoms. The van der Waals surface area contributed by atoms with E-state index in [0.717, 1.165) is 48.2 Å². The Morgan fingerprint density at radius 2 is 1.56 bits per heavy atom. The van der Waals surface area contributed by atoms with Crippen molar-refractivity contribution >= 4 is 23.3 Å². The molecule has 0 N–H and O–H groups in total. The molecule has 0 heterocycles. The van der Waals surface area contributed by atoms with Gasteiger partial charge >= 0.3 is 0 Å². The fourth-order valence-corrected chi connectivity index (χ4v) is 4.49. The molecule has 0 saturated carbocycles. The Hall–Kier alpha value is -3.60. The summed E-state index contributed by atoms with van der Waals surface area (Å²) in [7, 11) is 0. The molecule has 0 radical (unpaired) electrons. The van der Waals surface area contributed by atoms with Gasteiger partial charge in [-0.3, -0.25) is 9.69 Å². The Kier molecular flexibility index (Phi) is 6.85. The summed E-state index contributed by atoms with van der Waals surface area (Å²) in [6.45, 7) is -0.456. The number of benzene rings is 3. The van der Waals surface area contributed by atoms with Crippen molar-refractivity contribution in [1.29, 1.82) is 0 Å². The number of carbonyl (C=O) groups excluding carboxylic acids is 2. The van der Waals surface area contributed by atoms with E-state index in [9.17, 15) is 14.7 Å². The van der Waals surface area contributed by atoms with Crippen molar-refractivity contribution in [2.24, 2.45) is 0 Å². The molecule has 0 aliphatic heterocycles. The molecule has 3 aromatic rings. The van der Waals surface area contributed by atoms with Gasteiger partial charge in [0.1, 0.15) is 12.4 Å². The fraction of sp³-hybridized carbons (Fsp3) is 0.259. The summed E-state index contributed by atoms with van der Waals surface area (Å²) in [6, 6.07) is 25.2. The Bertz CT molecular complexity index is 1030. The number of hydrogen-bond donors (Lipinski definition) is 0. The zero-order valence-corrected chi connectivity index (χ0v) is 17.9. The third-order valence-electron chi connectivity index (χ3n) is 5.92. The van der Waals surface area contributed by atoms with Crippen LogP contribution in [0.1, 0.15) is 42.7 Å². The highest BCUT2D eigenvalue weighted by molar-refractivity contribution is 6.00. The molecule has 0 aromatic heterocycles. The van der Waals surface area contributed by atoms with Gasteiger partial charge in [-0.25, -0.2) is 0 Å². The van der Waals surface area contributed by atoms with E-state index < -0.39 is 12.6 Å². The molecule has 4 rings (SSSR count). The maximum absolute atomic E-state index is 13.4. The van der Waals surface area contributed by atoms with Gasteiger partial charge in [0.2, 0.25) is 5.91 Å². The number of rotatable bonds is 8. The van der Waals surface area contributed by atoms with E-state index in [0.29, 0.717) is 12.2 Å². The van der Waals surface area contributed by atoms with E-state index in [1.807, 2.05) is 72.8 Å². The van der Waals surface area contributed by atoms with Gasteiger partial charge in [-0.15, -0.1) is 0 Å². The van der Waals surface area contributed by atoms with Crippen LogP contribution < -0.4 is 14.7 Å². The summed E-state index contributed by atoms with van der Waals surface area (Å²) >= 11 is 0. The van der Waals surface area contributed by atoms with Crippen LogP contribution in [-0.4, -0.2) is 18.5 Å². The zero-order chi connectivity index (χ0) is 22.3. The first-order valence-corrected chi connectivity index (χ1v) is 11.0. The number of para-hydroxylation sites is 2. The van der Waals surface area contributed by atoms with Gasteiger partial charge in [0, 0.05) is 17.8 Å². The molecule has 3 aromatic carbocycles. The third kappa shape index (κ3) is 4.99. The summed E-state index contributed by atoms with van der Waals surface area (Å²) in [5.41, 5.74) is 3.92. The fourth-order valence-electron chi connectivity index (χ4n) is 4.49. The number of anilines is 2. The van der Waals surface area contributed by atoms with Crippen LogP contribution in [0.15, 0.2) is 78.9 Å². The van der Waals surface area contributed by atoms with E-state index in [-0.39, 0.29) is 11.8 Å². The van der Waals surface area contributed by atoms with Crippen LogP contribution in [0.25, 0.3) is 0 Å². The highest BCUT2D eigenvalue weighted by Crippen LogP contribution is 2.39. The highest BCUT2D eigenvalue weighted by atomic mass is 16.5. The molecule has 1 atom stereocenters. The number of nitrogens with zero attached hydrogens (tertiary/aromatic N) is 1. The number of amides is 1. The standard InChI is InChI=1S/C27H27NO4/c29-26(28(21-10-3-1-4-11-21)22-12-5-2-6-13-22)18-17-20-9-7-15-24-23(20)14-8-16-25(24)32-19-27(30)31/h1-6,8,10-14,16,20H,7,9,15,17-19H2,(H,30,31)/p-1. The minimum atomic E-state index is -1.23. The van der Waals surface area contributed by atoms with E-state index >= 15 is 0 Å². The lowest BCUT2D eigenvalue weighted by molar-refractivity contribution is -0.307. The molecule has 0 spiro atoms. The Labute approximate surface area is 188 Å². The predicted octanol–water partition coefficient (Wildman–Crippen LogP) is 4.38. The highest BCUT2D eigenvalue weighted by Gasteiger charge is 2.25. The monoisotopic (exact) mass is 428 g/mol. The largest absolute Gasteiger partial charge is 0.546 e. The van der Waals surface area contributed by atoms with E-state index in [1.54, 1.807) is 4.90 Å². The normalized spacial score (nSPS) is 14.9. The average Bonchev–Trinajstić information content (AvgIpc) is 2.83. The number of carboxylic acids is 1. The molecule has 1 unspecified atom stereocenters. The minimum Gasteiger partial charge on any atom is -0.546 e. The van der Waals surface area contributed by atoms with Gasteiger partial charge in [0.25, 0.3) is 0 Å². The van der Waals surface area contributed by atoms with Crippen molar-refractivity contribution in [2.45, 2.75) is 38.0 Å². The predicted molar refractivity (Wildman–Crippen MR) is 122 cm³/mol. The smallest absolute Gasteiger partial charge is 0.231 e. The molecular weight excluding hydrogens is 402 g/mol. The van der Waals surface area contributed by atoms with Crippen molar-refractivity contribution in [3.63, 3.8) is 0 Å². The van der Waals surface area contributed by atoms with Gasteiger partial charge in [0.05, 0.1) is 5.97 Å². The zero-order valence-electron chi connectivity index (χ0n) is 17.9. The van der Waals surface area contributed by atoms with Crippen LogP contribution in [-0.2, 0) is 16.0 Å². The first-order chi connectivity index (χ1) is 15.6. The van der Waals surface area contributed by atoms with E-state index in [4.69, 9.17) is 4.74 Å². The minimum absolute atomic E-state index is 0.0545. The average molecular weight is 429 g/mol. The van der Waals surface area contributed by atoms with Crippen molar-refractivity contribution in [3.8, 4) is 5.75 Å². The van der Waals surface area contributed by atoms with Gasteiger partial charge in [0.15, 0.2) is 0 Å². The second-order valence-corrected chi connectivity index (χ2v) is 8.01. The van der Waals surface area contributed by atoms with Crippen LogP contribution in [0, 0.1) is 0 Å². The topological polar surface area (TPSA) is 69.7 Å². The molecule has 164 valence electrons. The Morgan fingerprint density at radius 1 is 0.906 bits per heavy atom. The maximum Gasteiger partial charge on any atom is 0.231 e. The summed E-state index contributed by atoms with van der Waals surface area (Å²) in [5.74, 6) is -0.332. The van der Waals surface area contributed by atoms with Crippen LogP contribution in [0.4, 0.5) is 11.4 Å². The molecule has 5 heteroatoms. The number of carboxylic acid groups (broad SMARTS) is 1. The number of ether oxygens (including phenoxy) is 1. The van der Waals surface area contributed by atoms with Gasteiger partial charge < -0.3 is 14.6 Å². The van der Waals surface area contributed by atoms with Crippen LogP contribution >= 0.6 is 0 Å². The summed E-state index contributed by atoms with van der Waals surface area (Å²) in [5, 5.41) is 10.8. The summed E-state index contributed by atoms with van der Waals surface area (Å²) in [4.78, 5) is 26.0. The molecule has 5 nitrogen and oxygen atoms in total. The number of fused-ring (bicyclic) bond motifs is 1. The second kappa shape index (κ2) is 10.1. The Morgan fingerprint density at radius 3 is 2.19 bits per heavy atom. The van der Waals surface area contributed by atoms with Crippen LogP contribution in [0.5, 0.6) is 5.75 Å². The second-order valence-electron chi connectivity index (χ2n) is 8.01. The molecule has 1 aliphatic carbocycles. The number of hydrogen-bond acceptors (Lipinski definition) is 4. The van der Waals surface area contributed by atoms with Gasteiger partial charge in [-0.05, 0) is 73.1 Å².